The second kappa shape index (κ2) is 4.17. The molecule has 0 unspecified atom stereocenters. The fourth-order valence-electron chi connectivity index (χ4n) is 2.51. The average molecular weight is 287 g/mol. The molecule has 0 heterocycles. The minimum Gasteiger partial charge on any atom is -0.504 e. The first kappa shape index (κ1) is 11.6. The molecule has 88 valence electrons. The Morgan fingerprint density at radius 2 is 1.88 bits per heavy atom. The molecule has 1 aromatic rings. The smallest absolute Gasteiger partial charge is 0.201 e. The van der Waals surface area contributed by atoms with Crippen molar-refractivity contribution in [2.45, 2.75) is 38.5 Å². The van der Waals surface area contributed by atoms with Gasteiger partial charge in [0.2, 0.25) is 5.75 Å². The SMILES string of the molecule is CC[C@@H]1CCCc2c(Br)c(O)c(O)c(O)c21. The number of aromatic hydroxyl groups is 3. The molecule has 0 aliphatic heterocycles. The lowest BCUT2D eigenvalue weighted by Gasteiger charge is -2.27. The average Bonchev–Trinajstić information content (AvgIpc) is 2.32. The number of phenols is 3. The lowest BCUT2D eigenvalue weighted by Crippen LogP contribution is -2.10. The van der Waals surface area contributed by atoms with Crippen molar-refractivity contribution < 1.29 is 15.3 Å². The zero-order valence-corrected chi connectivity index (χ0v) is 10.7. The van der Waals surface area contributed by atoms with Gasteiger partial charge < -0.3 is 15.3 Å². The van der Waals surface area contributed by atoms with Crippen molar-refractivity contribution in [1.29, 1.82) is 0 Å². The molecule has 0 saturated heterocycles. The molecular formula is C12H15BrO3. The van der Waals surface area contributed by atoms with Gasteiger partial charge in [0.05, 0.1) is 4.47 Å². The molecule has 0 saturated carbocycles. The Balaban J connectivity index is 2.70. The molecular weight excluding hydrogens is 272 g/mol. The molecule has 0 amide bonds. The van der Waals surface area contributed by atoms with E-state index in [0.717, 1.165) is 36.8 Å². The highest BCUT2D eigenvalue weighted by atomic mass is 79.9. The summed E-state index contributed by atoms with van der Waals surface area (Å²) in [7, 11) is 0. The summed E-state index contributed by atoms with van der Waals surface area (Å²) in [4.78, 5) is 0. The summed E-state index contributed by atoms with van der Waals surface area (Å²) in [5, 5.41) is 29.2. The third kappa shape index (κ3) is 1.56. The number of halogens is 1. The molecule has 1 aliphatic rings. The van der Waals surface area contributed by atoms with Crippen LogP contribution in [-0.2, 0) is 6.42 Å². The molecule has 1 aliphatic carbocycles. The number of fused-ring (bicyclic) bond motifs is 1. The van der Waals surface area contributed by atoms with Crippen LogP contribution in [0.3, 0.4) is 0 Å². The first-order chi connectivity index (χ1) is 7.57. The van der Waals surface area contributed by atoms with Gasteiger partial charge in [-0.1, -0.05) is 6.92 Å². The number of phenolic OH excluding ortho intramolecular Hbond substituents is 3. The third-order valence-electron chi connectivity index (χ3n) is 3.38. The Morgan fingerprint density at radius 1 is 1.19 bits per heavy atom. The van der Waals surface area contributed by atoms with Crippen LogP contribution in [-0.4, -0.2) is 15.3 Å². The fraction of sp³-hybridized carbons (Fsp3) is 0.500. The maximum absolute atomic E-state index is 9.92. The molecule has 3 nitrogen and oxygen atoms in total. The van der Waals surface area contributed by atoms with Crippen molar-refractivity contribution >= 4 is 15.9 Å². The van der Waals surface area contributed by atoms with Gasteiger partial charge in [-0.3, -0.25) is 0 Å². The molecule has 16 heavy (non-hydrogen) atoms. The van der Waals surface area contributed by atoms with Gasteiger partial charge in [0, 0.05) is 5.56 Å². The van der Waals surface area contributed by atoms with Crippen LogP contribution >= 0.6 is 15.9 Å². The van der Waals surface area contributed by atoms with E-state index in [9.17, 15) is 15.3 Å². The topological polar surface area (TPSA) is 60.7 Å². The van der Waals surface area contributed by atoms with E-state index >= 15 is 0 Å². The zero-order chi connectivity index (χ0) is 11.9. The van der Waals surface area contributed by atoms with E-state index in [1.807, 2.05) is 0 Å². The van der Waals surface area contributed by atoms with Crippen LogP contribution < -0.4 is 0 Å². The van der Waals surface area contributed by atoms with Crippen molar-refractivity contribution in [2.24, 2.45) is 0 Å². The molecule has 0 bridgehead atoms. The van der Waals surface area contributed by atoms with Crippen LogP contribution in [0.5, 0.6) is 17.2 Å². The summed E-state index contributed by atoms with van der Waals surface area (Å²) in [5.74, 6) is -0.548. The first-order valence-corrected chi connectivity index (χ1v) is 6.32. The van der Waals surface area contributed by atoms with E-state index in [1.165, 1.54) is 0 Å². The van der Waals surface area contributed by atoms with Gasteiger partial charge in [-0.2, -0.15) is 0 Å². The molecule has 0 spiro atoms. The Hall–Kier alpha value is -0.900. The van der Waals surface area contributed by atoms with E-state index in [1.54, 1.807) is 0 Å². The second-order valence-corrected chi connectivity index (χ2v) is 5.04. The fourth-order valence-corrected chi connectivity index (χ4v) is 3.11. The van der Waals surface area contributed by atoms with Gasteiger partial charge in [0.1, 0.15) is 0 Å². The molecule has 3 N–H and O–H groups in total. The molecule has 2 rings (SSSR count). The summed E-state index contributed by atoms with van der Waals surface area (Å²) < 4.78 is 0.524. The number of hydrogen-bond donors (Lipinski definition) is 3. The number of hydrogen-bond acceptors (Lipinski definition) is 3. The summed E-state index contributed by atoms with van der Waals surface area (Å²) in [6.45, 7) is 2.07. The minimum absolute atomic E-state index is 0.151. The van der Waals surface area contributed by atoms with E-state index in [4.69, 9.17) is 0 Å². The highest BCUT2D eigenvalue weighted by molar-refractivity contribution is 9.10. The van der Waals surface area contributed by atoms with Gasteiger partial charge >= 0.3 is 0 Å². The predicted octanol–water partition coefficient (Wildman–Crippen LogP) is 3.40. The van der Waals surface area contributed by atoms with Crippen LogP contribution in [0, 0.1) is 0 Å². The summed E-state index contributed by atoms with van der Waals surface area (Å²) in [6, 6.07) is 0. The molecule has 1 atom stereocenters. The van der Waals surface area contributed by atoms with Gasteiger partial charge in [-0.25, -0.2) is 0 Å². The van der Waals surface area contributed by atoms with E-state index in [-0.39, 0.29) is 17.4 Å². The largest absolute Gasteiger partial charge is 0.504 e. The lowest BCUT2D eigenvalue weighted by molar-refractivity contribution is 0.355. The molecule has 1 aromatic carbocycles. The van der Waals surface area contributed by atoms with Crippen molar-refractivity contribution in [3.05, 3.63) is 15.6 Å². The lowest BCUT2D eigenvalue weighted by atomic mass is 9.80. The number of benzene rings is 1. The van der Waals surface area contributed by atoms with Crippen LogP contribution in [0.25, 0.3) is 0 Å². The van der Waals surface area contributed by atoms with Crippen LogP contribution in [0.2, 0.25) is 0 Å². The Labute approximate surface area is 103 Å². The predicted molar refractivity (Wildman–Crippen MR) is 65.1 cm³/mol. The van der Waals surface area contributed by atoms with Crippen molar-refractivity contribution in [2.75, 3.05) is 0 Å². The molecule has 0 fully saturated rings. The summed E-state index contributed by atoms with van der Waals surface area (Å²) in [5.41, 5.74) is 1.74. The highest BCUT2D eigenvalue weighted by Crippen LogP contribution is 2.51. The Morgan fingerprint density at radius 3 is 2.50 bits per heavy atom. The van der Waals surface area contributed by atoms with Crippen LogP contribution in [0.1, 0.15) is 43.2 Å². The Bertz CT molecular complexity index is 429. The maximum atomic E-state index is 9.92. The second-order valence-electron chi connectivity index (χ2n) is 4.25. The Kier molecular flexibility index (Phi) is 3.02. The minimum atomic E-state index is -0.411. The number of rotatable bonds is 1. The summed E-state index contributed by atoms with van der Waals surface area (Å²) in [6.07, 6.45) is 3.83. The van der Waals surface area contributed by atoms with Gasteiger partial charge in [-0.15, -0.1) is 0 Å². The van der Waals surface area contributed by atoms with Crippen molar-refractivity contribution in [3.63, 3.8) is 0 Å². The van der Waals surface area contributed by atoms with Crippen molar-refractivity contribution in [3.8, 4) is 17.2 Å². The zero-order valence-electron chi connectivity index (χ0n) is 9.13. The van der Waals surface area contributed by atoms with Crippen LogP contribution in [0.4, 0.5) is 0 Å². The maximum Gasteiger partial charge on any atom is 0.201 e. The molecule has 0 radical (unpaired) electrons. The summed E-state index contributed by atoms with van der Waals surface area (Å²) >= 11 is 3.29. The monoisotopic (exact) mass is 286 g/mol. The van der Waals surface area contributed by atoms with E-state index < -0.39 is 5.75 Å². The molecule has 4 heteroatoms. The van der Waals surface area contributed by atoms with E-state index in [0.29, 0.717) is 4.47 Å². The van der Waals surface area contributed by atoms with Gasteiger partial charge in [0.15, 0.2) is 11.5 Å². The molecule has 0 aromatic heterocycles. The van der Waals surface area contributed by atoms with Gasteiger partial charge in [0.25, 0.3) is 0 Å². The standard InChI is InChI=1S/C12H15BrO3/c1-2-6-4-3-5-7-8(6)10(14)12(16)11(15)9(7)13/h6,14-16H,2-5H2,1H3/t6-/m1/s1. The van der Waals surface area contributed by atoms with E-state index in [2.05, 4.69) is 22.9 Å². The first-order valence-electron chi connectivity index (χ1n) is 5.53. The van der Waals surface area contributed by atoms with Crippen molar-refractivity contribution in [1.82, 2.24) is 0 Å². The van der Waals surface area contributed by atoms with Crippen LogP contribution in [0.15, 0.2) is 4.47 Å². The van der Waals surface area contributed by atoms with Gasteiger partial charge in [-0.05, 0) is 53.1 Å². The highest BCUT2D eigenvalue weighted by Gasteiger charge is 2.29. The quantitative estimate of drug-likeness (QED) is 0.694. The third-order valence-corrected chi connectivity index (χ3v) is 4.24. The normalized spacial score (nSPS) is 19.5.